The number of nitrogens with two attached hydrogens (primary N) is 1. The van der Waals surface area contributed by atoms with Crippen LogP contribution in [0.1, 0.15) is 11.7 Å². The normalized spacial score (nSPS) is 12.2. The van der Waals surface area contributed by atoms with Crippen LogP contribution >= 0.6 is 31.9 Å². The minimum atomic E-state index is -0.182. The number of pyridine rings is 1. The third-order valence-corrected chi connectivity index (χ3v) is 3.32. The van der Waals surface area contributed by atoms with E-state index < -0.39 is 0 Å². The number of benzene rings is 1. The van der Waals surface area contributed by atoms with Crippen LogP contribution in [0, 0.1) is 0 Å². The highest BCUT2D eigenvalue weighted by Crippen LogP contribution is 2.24. The summed E-state index contributed by atoms with van der Waals surface area (Å²) in [6.45, 7) is 0.406. The number of ether oxygens (including phenoxy) is 1. The van der Waals surface area contributed by atoms with Crippen molar-refractivity contribution in [2.45, 2.75) is 6.10 Å². The molecule has 0 spiro atoms. The fourth-order valence-corrected chi connectivity index (χ4v) is 2.34. The van der Waals surface area contributed by atoms with Crippen LogP contribution in [0.5, 0.6) is 5.75 Å². The lowest BCUT2D eigenvalue weighted by Crippen LogP contribution is -2.18. The van der Waals surface area contributed by atoms with Crippen LogP contribution in [0.25, 0.3) is 0 Å². The van der Waals surface area contributed by atoms with Gasteiger partial charge in [0.05, 0.1) is 6.20 Å². The first-order valence-corrected chi connectivity index (χ1v) is 7.00. The Bertz CT molecular complexity index is 534. The monoisotopic (exact) mass is 370 g/mol. The summed E-state index contributed by atoms with van der Waals surface area (Å²) in [6, 6.07) is 9.80. The minimum absolute atomic E-state index is 0.182. The Hall–Kier alpha value is -0.910. The van der Waals surface area contributed by atoms with Gasteiger partial charge < -0.3 is 10.5 Å². The lowest BCUT2D eigenvalue weighted by atomic mass is 10.1. The Morgan fingerprint density at radius 2 is 2.00 bits per heavy atom. The van der Waals surface area contributed by atoms with Crippen LogP contribution in [-0.2, 0) is 0 Å². The summed E-state index contributed by atoms with van der Waals surface area (Å²) in [4.78, 5) is 4.06. The molecule has 2 rings (SSSR count). The molecule has 0 saturated heterocycles. The molecule has 1 heterocycles. The van der Waals surface area contributed by atoms with Crippen molar-refractivity contribution in [3.05, 3.63) is 57.2 Å². The molecule has 1 unspecified atom stereocenters. The van der Waals surface area contributed by atoms with Gasteiger partial charge in [0.15, 0.2) is 0 Å². The van der Waals surface area contributed by atoms with Crippen LogP contribution in [0.2, 0.25) is 0 Å². The highest BCUT2D eigenvalue weighted by atomic mass is 79.9. The lowest BCUT2D eigenvalue weighted by Gasteiger charge is -2.18. The van der Waals surface area contributed by atoms with Gasteiger partial charge >= 0.3 is 0 Å². The molecule has 1 aromatic carbocycles. The lowest BCUT2D eigenvalue weighted by molar-refractivity contribution is 0.213. The molecule has 1 aromatic heterocycles. The predicted octanol–water partition coefficient (Wildman–Crippen LogP) is 3.69. The summed E-state index contributed by atoms with van der Waals surface area (Å²) in [5.74, 6) is 0.694. The molecule has 3 nitrogen and oxygen atoms in total. The van der Waals surface area contributed by atoms with Crippen molar-refractivity contribution in [2.24, 2.45) is 5.73 Å². The van der Waals surface area contributed by atoms with Crippen molar-refractivity contribution >= 4 is 31.9 Å². The first kappa shape index (κ1) is 13.5. The summed E-state index contributed by atoms with van der Waals surface area (Å²) in [6.07, 6.45) is 3.20. The van der Waals surface area contributed by atoms with E-state index in [0.29, 0.717) is 12.3 Å². The van der Waals surface area contributed by atoms with Crippen molar-refractivity contribution in [3.8, 4) is 5.75 Å². The summed E-state index contributed by atoms with van der Waals surface area (Å²) < 4.78 is 7.74. The van der Waals surface area contributed by atoms with Gasteiger partial charge in [-0.1, -0.05) is 28.1 Å². The van der Waals surface area contributed by atoms with Crippen LogP contribution in [0.3, 0.4) is 0 Å². The molecule has 0 fully saturated rings. The molecule has 2 N–H and O–H groups in total. The van der Waals surface area contributed by atoms with Crippen molar-refractivity contribution in [1.29, 1.82) is 0 Å². The molecule has 0 bridgehead atoms. The van der Waals surface area contributed by atoms with Crippen molar-refractivity contribution in [3.63, 3.8) is 0 Å². The van der Waals surface area contributed by atoms with Crippen molar-refractivity contribution in [2.75, 3.05) is 6.54 Å². The highest BCUT2D eigenvalue weighted by molar-refractivity contribution is 9.10. The number of halogens is 2. The second-order valence-corrected chi connectivity index (χ2v) is 5.57. The number of nitrogens with zero attached hydrogens (tertiary/aromatic N) is 1. The van der Waals surface area contributed by atoms with Crippen molar-refractivity contribution in [1.82, 2.24) is 4.98 Å². The van der Waals surface area contributed by atoms with E-state index in [1.807, 2.05) is 30.3 Å². The second kappa shape index (κ2) is 6.31. The van der Waals surface area contributed by atoms with Crippen LogP contribution in [0.15, 0.2) is 51.7 Å². The molecule has 5 heteroatoms. The topological polar surface area (TPSA) is 48.1 Å². The molecule has 94 valence electrons. The van der Waals surface area contributed by atoms with E-state index in [1.54, 1.807) is 12.4 Å². The van der Waals surface area contributed by atoms with Crippen molar-refractivity contribution < 1.29 is 4.74 Å². The zero-order valence-electron chi connectivity index (χ0n) is 9.51. The maximum absolute atomic E-state index is 5.85. The largest absolute Gasteiger partial charge is 0.483 e. The van der Waals surface area contributed by atoms with Gasteiger partial charge in [-0.25, -0.2) is 0 Å². The summed E-state index contributed by atoms with van der Waals surface area (Å²) in [5, 5.41) is 0. The van der Waals surface area contributed by atoms with E-state index in [-0.39, 0.29) is 6.10 Å². The quantitative estimate of drug-likeness (QED) is 0.891. The van der Waals surface area contributed by atoms with Gasteiger partial charge in [0.1, 0.15) is 11.9 Å². The fourth-order valence-electron chi connectivity index (χ4n) is 1.58. The fraction of sp³-hybridized carbons (Fsp3) is 0.154. The first-order chi connectivity index (χ1) is 8.69. The Morgan fingerprint density at radius 3 is 2.67 bits per heavy atom. The van der Waals surface area contributed by atoms with Crippen LogP contribution < -0.4 is 10.5 Å². The summed E-state index contributed by atoms with van der Waals surface area (Å²) in [7, 11) is 0. The minimum Gasteiger partial charge on any atom is -0.483 e. The highest BCUT2D eigenvalue weighted by Gasteiger charge is 2.12. The van der Waals surface area contributed by atoms with E-state index in [2.05, 4.69) is 36.8 Å². The predicted molar refractivity (Wildman–Crippen MR) is 78.5 cm³/mol. The van der Waals surface area contributed by atoms with E-state index in [1.165, 1.54) is 0 Å². The standard InChI is InChI=1S/C13H12Br2N2O/c14-10-3-1-2-9(4-10)13(6-16)18-12-5-11(15)7-17-8-12/h1-5,7-8,13H,6,16H2. The number of aromatic nitrogens is 1. The SMILES string of the molecule is NCC(Oc1cncc(Br)c1)c1cccc(Br)c1. The molecule has 0 aliphatic carbocycles. The number of rotatable bonds is 4. The number of hydrogen-bond acceptors (Lipinski definition) is 3. The third kappa shape index (κ3) is 3.54. The molecule has 2 aromatic rings. The van der Waals surface area contributed by atoms with Gasteiger partial charge in [0, 0.05) is 21.7 Å². The second-order valence-electron chi connectivity index (χ2n) is 3.74. The van der Waals surface area contributed by atoms with Gasteiger partial charge in [0.2, 0.25) is 0 Å². The number of hydrogen-bond donors (Lipinski definition) is 1. The Kier molecular flexibility index (Phi) is 4.74. The van der Waals surface area contributed by atoms with Gasteiger partial charge in [-0.3, -0.25) is 4.98 Å². The maximum Gasteiger partial charge on any atom is 0.139 e. The van der Waals surface area contributed by atoms with E-state index in [4.69, 9.17) is 10.5 Å². The smallest absolute Gasteiger partial charge is 0.139 e. The molecule has 18 heavy (non-hydrogen) atoms. The molecule has 0 radical (unpaired) electrons. The zero-order chi connectivity index (χ0) is 13.0. The molecular formula is C13H12Br2N2O. The maximum atomic E-state index is 5.85. The summed E-state index contributed by atoms with van der Waals surface area (Å²) in [5.41, 5.74) is 6.80. The summed E-state index contributed by atoms with van der Waals surface area (Å²) >= 11 is 6.80. The average Bonchev–Trinajstić information content (AvgIpc) is 2.36. The first-order valence-electron chi connectivity index (χ1n) is 5.42. The molecule has 1 atom stereocenters. The molecule has 0 amide bonds. The Balaban J connectivity index is 2.19. The van der Waals surface area contributed by atoms with E-state index >= 15 is 0 Å². The Labute approximate surface area is 123 Å². The van der Waals surface area contributed by atoms with Gasteiger partial charge in [-0.05, 0) is 39.7 Å². The molecule has 0 aliphatic heterocycles. The van der Waals surface area contributed by atoms with Crippen LogP contribution in [-0.4, -0.2) is 11.5 Å². The van der Waals surface area contributed by atoms with Gasteiger partial charge in [-0.15, -0.1) is 0 Å². The van der Waals surface area contributed by atoms with Gasteiger partial charge in [-0.2, -0.15) is 0 Å². The molecule has 0 aliphatic rings. The average molecular weight is 372 g/mol. The third-order valence-electron chi connectivity index (χ3n) is 2.39. The molecule has 0 saturated carbocycles. The van der Waals surface area contributed by atoms with Crippen LogP contribution in [0.4, 0.5) is 0 Å². The van der Waals surface area contributed by atoms with E-state index in [0.717, 1.165) is 14.5 Å². The van der Waals surface area contributed by atoms with Gasteiger partial charge in [0.25, 0.3) is 0 Å². The zero-order valence-corrected chi connectivity index (χ0v) is 12.7. The molecular weight excluding hydrogens is 360 g/mol. The Morgan fingerprint density at radius 1 is 1.17 bits per heavy atom. The van der Waals surface area contributed by atoms with E-state index in [9.17, 15) is 0 Å².